The monoisotopic (exact) mass is 274 g/mol. The lowest BCUT2D eigenvalue weighted by molar-refractivity contribution is 0.548. The highest BCUT2D eigenvalue weighted by Crippen LogP contribution is 2.25. The molecule has 4 nitrogen and oxygen atoms in total. The third-order valence-corrected chi connectivity index (χ3v) is 2.66. The number of rotatable bonds is 1. The molecule has 1 heterocycles. The SMILES string of the molecule is O=S(=O)=c1ncc(-c2c(F)cc(F)cc2F)c[nH]1. The van der Waals surface area contributed by atoms with Gasteiger partial charge in [-0.05, 0) is 0 Å². The Morgan fingerprint density at radius 2 is 1.72 bits per heavy atom. The number of nitrogens with zero attached hydrogens (tertiary/aromatic N) is 1. The van der Waals surface area contributed by atoms with E-state index in [1.54, 1.807) is 0 Å². The molecule has 0 radical (unpaired) electrons. The molecule has 2 aromatic rings. The van der Waals surface area contributed by atoms with Gasteiger partial charge in [-0.3, -0.25) is 0 Å². The second kappa shape index (κ2) is 4.65. The molecule has 8 heteroatoms. The average Bonchev–Trinajstić information content (AvgIpc) is 2.28. The van der Waals surface area contributed by atoms with Gasteiger partial charge in [0.2, 0.25) is 0 Å². The van der Waals surface area contributed by atoms with Crippen LogP contribution in [0.25, 0.3) is 11.1 Å². The summed E-state index contributed by atoms with van der Waals surface area (Å²) in [6, 6.07) is 1.05. The van der Waals surface area contributed by atoms with Gasteiger partial charge < -0.3 is 4.98 Å². The molecular weight excluding hydrogens is 269 g/mol. The Bertz CT molecular complexity index is 732. The molecule has 0 aliphatic carbocycles. The van der Waals surface area contributed by atoms with Gasteiger partial charge >= 0.3 is 0 Å². The summed E-state index contributed by atoms with van der Waals surface area (Å²) < 4.78 is 60.2. The van der Waals surface area contributed by atoms with Gasteiger partial charge in [-0.1, -0.05) is 0 Å². The van der Waals surface area contributed by atoms with Crippen LogP contribution in [0.5, 0.6) is 0 Å². The van der Waals surface area contributed by atoms with Crippen LogP contribution >= 0.6 is 0 Å². The molecular formula is C10H5F3N2O2S. The highest BCUT2D eigenvalue weighted by atomic mass is 32.2. The van der Waals surface area contributed by atoms with Crippen molar-refractivity contribution in [3.63, 3.8) is 0 Å². The molecule has 2 rings (SSSR count). The van der Waals surface area contributed by atoms with Crippen LogP contribution in [0.15, 0.2) is 24.5 Å². The second-order valence-corrected chi connectivity index (χ2v) is 4.14. The van der Waals surface area contributed by atoms with Crippen molar-refractivity contribution in [2.75, 3.05) is 0 Å². The Labute approximate surface area is 100 Å². The number of aromatic amines is 1. The fraction of sp³-hybridized carbons (Fsp3) is 0. The van der Waals surface area contributed by atoms with E-state index in [-0.39, 0.29) is 10.3 Å². The summed E-state index contributed by atoms with van der Waals surface area (Å²) in [6.45, 7) is 0. The van der Waals surface area contributed by atoms with Crippen LogP contribution in [0.2, 0.25) is 0 Å². The van der Waals surface area contributed by atoms with E-state index in [1.807, 2.05) is 0 Å². The maximum Gasteiger partial charge on any atom is 0.258 e. The number of hydrogen-bond acceptors (Lipinski definition) is 3. The first-order valence-corrected chi connectivity index (χ1v) is 5.68. The highest BCUT2D eigenvalue weighted by Gasteiger charge is 2.13. The van der Waals surface area contributed by atoms with Crippen LogP contribution in [0.1, 0.15) is 0 Å². The largest absolute Gasteiger partial charge is 0.333 e. The number of hydrogen-bond donors (Lipinski definition) is 1. The summed E-state index contributed by atoms with van der Waals surface area (Å²) in [6.07, 6.45) is 2.04. The van der Waals surface area contributed by atoms with Crippen LogP contribution < -0.4 is 0 Å². The molecule has 0 saturated carbocycles. The number of aromatic nitrogens is 2. The van der Waals surface area contributed by atoms with Crippen molar-refractivity contribution in [3.8, 4) is 11.1 Å². The van der Waals surface area contributed by atoms with Crippen molar-refractivity contribution in [1.29, 1.82) is 0 Å². The standard InChI is InChI=1S/C10H5F3N2O2S/c11-6-1-7(12)9(8(13)2-6)5-3-14-10(15-4-5)18(16)17/h1-4,14H. The van der Waals surface area contributed by atoms with E-state index in [4.69, 9.17) is 0 Å². The van der Waals surface area contributed by atoms with Gasteiger partial charge in [0.1, 0.15) is 17.5 Å². The summed E-state index contributed by atoms with van der Waals surface area (Å²) in [4.78, 5) is 5.72. The molecule has 1 aromatic heterocycles. The fourth-order valence-corrected chi connectivity index (χ4v) is 1.68. The third-order valence-electron chi connectivity index (χ3n) is 2.13. The van der Waals surface area contributed by atoms with Gasteiger partial charge in [0, 0.05) is 30.1 Å². The van der Waals surface area contributed by atoms with Gasteiger partial charge in [0.25, 0.3) is 15.1 Å². The molecule has 94 valence electrons. The van der Waals surface area contributed by atoms with Crippen molar-refractivity contribution in [3.05, 3.63) is 46.7 Å². The first-order valence-electron chi connectivity index (χ1n) is 4.61. The zero-order valence-electron chi connectivity index (χ0n) is 8.62. The maximum atomic E-state index is 13.4. The topological polar surface area (TPSA) is 62.8 Å². The predicted octanol–water partition coefficient (Wildman–Crippen LogP) is 1.91. The number of nitrogens with one attached hydrogen (secondary N) is 1. The zero-order chi connectivity index (χ0) is 13.3. The van der Waals surface area contributed by atoms with Crippen LogP contribution in [-0.4, -0.2) is 18.4 Å². The van der Waals surface area contributed by atoms with Crippen molar-refractivity contribution in [2.24, 2.45) is 0 Å². The Morgan fingerprint density at radius 3 is 2.17 bits per heavy atom. The van der Waals surface area contributed by atoms with E-state index >= 15 is 0 Å². The Balaban J connectivity index is 2.67. The van der Waals surface area contributed by atoms with Gasteiger partial charge in [-0.15, -0.1) is 0 Å². The lowest BCUT2D eigenvalue weighted by Crippen LogP contribution is -1.94. The molecule has 0 amide bonds. The minimum Gasteiger partial charge on any atom is -0.333 e. The molecule has 0 aliphatic rings. The first-order chi connectivity index (χ1) is 8.49. The zero-order valence-corrected chi connectivity index (χ0v) is 9.43. The quantitative estimate of drug-likeness (QED) is 0.808. The molecule has 0 fully saturated rings. The fourth-order valence-electron chi connectivity index (χ4n) is 1.39. The molecule has 18 heavy (non-hydrogen) atoms. The highest BCUT2D eigenvalue weighted by molar-refractivity contribution is 7.63. The van der Waals surface area contributed by atoms with Gasteiger partial charge in [-0.2, -0.15) is 8.42 Å². The minimum absolute atomic E-state index is 0.0285. The summed E-state index contributed by atoms with van der Waals surface area (Å²) >= 11 is 0. The van der Waals surface area contributed by atoms with Gasteiger partial charge in [0.05, 0.1) is 5.56 Å². The van der Waals surface area contributed by atoms with Crippen LogP contribution in [0.4, 0.5) is 13.2 Å². The molecule has 1 N–H and O–H groups in total. The van der Waals surface area contributed by atoms with Crippen molar-refractivity contribution < 1.29 is 21.6 Å². The number of halogens is 3. The molecule has 1 aromatic carbocycles. The van der Waals surface area contributed by atoms with Crippen LogP contribution in [-0.2, 0) is 10.3 Å². The summed E-state index contributed by atoms with van der Waals surface area (Å²) in [5.41, 5.74) is -0.511. The number of H-pyrrole nitrogens is 1. The maximum absolute atomic E-state index is 13.4. The van der Waals surface area contributed by atoms with Crippen molar-refractivity contribution in [1.82, 2.24) is 9.97 Å². The molecule has 0 saturated heterocycles. The van der Waals surface area contributed by atoms with E-state index < -0.39 is 33.3 Å². The smallest absolute Gasteiger partial charge is 0.258 e. The van der Waals surface area contributed by atoms with E-state index in [9.17, 15) is 21.6 Å². The summed E-state index contributed by atoms with van der Waals surface area (Å²) in [5, 5.41) is 0. The molecule has 0 bridgehead atoms. The van der Waals surface area contributed by atoms with Crippen molar-refractivity contribution in [2.45, 2.75) is 0 Å². The molecule has 0 unspecified atom stereocenters. The van der Waals surface area contributed by atoms with Crippen LogP contribution in [0.3, 0.4) is 0 Å². The molecule has 0 aliphatic heterocycles. The van der Waals surface area contributed by atoms with Crippen molar-refractivity contribution >= 4 is 10.3 Å². The van der Waals surface area contributed by atoms with E-state index in [2.05, 4.69) is 9.97 Å². The van der Waals surface area contributed by atoms with Gasteiger partial charge in [0.15, 0.2) is 0 Å². The number of benzene rings is 1. The predicted molar refractivity (Wildman–Crippen MR) is 56.1 cm³/mol. The normalized spacial score (nSPS) is 10.4. The second-order valence-electron chi connectivity index (χ2n) is 3.29. The summed E-state index contributed by atoms with van der Waals surface area (Å²) in [7, 11) is -2.57. The third kappa shape index (κ3) is 2.28. The van der Waals surface area contributed by atoms with Crippen LogP contribution in [0, 0.1) is 22.2 Å². The Morgan fingerprint density at radius 1 is 1.11 bits per heavy atom. The Hall–Kier alpha value is -2.09. The minimum atomic E-state index is -2.57. The van der Waals surface area contributed by atoms with Gasteiger partial charge in [-0.25, -0.2) is 18.2 Å². The molecule has 0 atom stereocenters. The van der Waals surface area contributed by atoms with E-state index in [0.29, 0.717) is 12.1 Å². The lowest BCUT2D eigenvalue weighted by atomic mass is 10.1. The average molecular weight is 274 g/mol. The first kappa shape index (κ1) is 12.4. The lowest BCUT2D eigenvalue weighted by Gasteiger charge is -2.04. The molecule has 0 spiro atoms. The Kier molecular flexibility index (Phi) is 3.19. The summed E-state index contributed by atoms with van der Waals surface area (Å²) in [5.74, 6) is -3.24. The van der Waals surface area contributed by atoms with E-state index in [0.717, 1.165) is 12.4 Å². The van der Waals surface area contributed by atoms with E-state index in [1.165, 1.54) is 0 Å².